The van der Waals surface area contributed by atoms with Crippen LogP contribution in [0.5, 0.6) is 0 Å². The van der Waals surface area contributed by atoms with Gasteiger partial charge in [-0.2, -0.15) is 0 Å². The molecule has 146 valence electrons. The van der Waals surface area contributed by atoms with E-state index in [0.717, 1.165) is 32.2 Å². The van der Waals surface area contributed by atoms with Gasteiger partial charge < -0.3 is 14.6 Å². The molecule has 0 saturated carbocycles. The van der Waals surface area contributed by atoms with Crippen molar-refractivity contribution in [1.82, 2.24) is 20.4 Å². The standard InChI is InChI=1S/C21H30N4O2/c1-21(2,3)14-18-23-24-19(27-18)17-10-7-13-25(15-17)20(26)22-12-11-16-8-5-4-6-9-16/h4-6,8-9,17H,7,10-15H2,1-3H3,(H,22,26). The van der Waals surface area contributed by atoms with Gasteiger partial charge >= 0.3 is 6.03 Å². The third-order valence-corrected chi connectivity index (χ3v) is 4.75. The first-order valence-electron chi connectivity index (χ1n) is 9.80. The molecular formula is C21H30N4O2. The number of amides is 2. The Morgan fingerprint density at radius 3 is 2.78 bits per heavy atom. The number of nitrogens with zero attached hydrogens (tertiary/aromatic N) is 3. The zero-order valence-corrected chi connectivity index (χ0v) is 16.6. The van der Waals surface area contributed by atoms with E-state index in [2.05, 4.69) is 48.4 Å². The summed E-state index contributed by atoms with van der Waals surface area (Å²) in [4.78, 5) is 14.4. The molecule has 6 nitrogen and oxygen atoms in total. The van der Waals surface area contributed by atoms with Gasteiger partial charge in [-0.25, -0.2) is 4.79 Å². The summed E-state index contributed by atoms with van der Waals surface area (Å²) in [6, 6.07) is 10.2. The number of carbonyl (C=O) groups excluding carboxylic acids is 1. The highest BCUT2D eigenvalue weighted by molar-refractivity contribution is 5.74. The molecule has 3 rings (SSSR count). The number of aromatic nitrogens is 2. The lowest BCUT2D eigenvalue weighted by atomic mass is 9.92. The summed E-state index contributed by atoms with van der Waals surface area (Å²) in [5.41, 5.74) is 1.34. The molecule has 27 heavy (non-hydrogen) atoms. The van der Waals surface area contributed by atoms with Crippen molar-refractivity contribution >= 4 is 6.03 Å². The Morgan fingerprint density at radius 2 is 2.04 bits per heavy atom. The van der Waals surface area contributed by atoms with Gasteiger partial charge in [-0.05, 0) is 30.2 Å². The highest BCUT2D eigenvalue weighted by Crippen LogP contribution is 2.27. The summed E-state index contributed by atoms with van der Waals surface area (Å²) < 4.78 is 5.89. The van der Waals surface area contributed by atoms with Crippen LogP contribution in [0.1, 0.15) is 56.9 Å². The van der Waals surface area contributed by atoms with E-state index in [0.29, 0.717) is 24.9 Å². The van der Waals surface area contributed by atoms with Crippen molar-refractivity contribution in [3.63, 3.8) is 0 Å². The molecule has 2 aromatic rings. The molecule has 1 fully saturated rings. The second-order valence-corrected chi connectivity index (χ2v) is 8.52. The van der Waals surface area contributed by atoms with Gasteiger partial charge in [-0.1, -0.05) is 51.1 Å². The van der Waals surface area contributed by atoms with Crippen molar-refractivity contribution < 1.29 is 9.21 Å². The fourth-order valence-corrected chi connectivity index (χ4v) is 3.39. The molecule has 1 aromatic carbocycles. The van der Waals surface area contributed by atoms with Gasteiger partial charge in [0.1, 0.15) is 0 Å². The van der Waals surface area contributed by atoms with Crippen LogP contribution in [0.25, 0.3) is 0 Å². The normalized spacial score (nSPS) is 17.7. The van der Waals surface area contributed by atoms with Gasteiger partial charge in [0.25, 0.3) is 0 Å². The zero-order chi connectivity index (χ0) is 19.3. The topological polar surface area (TPSA) is 71.3 Å². The van der Waals surface area contributed by atoms with Crippen molar-refractivity contribution in [1.29, 1.82) is 0 Å². The molecule has 6 heteroatoms. The number of rotatable bonds is 5. The zero-order valence-electron chi connectivity index (χ0n) is 16.6. The summed E-state index contributed by atoms with van der Waals surface area (Å²) >= 11 is 0. The average Bonchev–Trinajstić information content (AvgIpc) is 3.09. The molecule has 1 aliphatic heterocycles. The summed E-state index contributed by atoms with van der Waals surface area (Å²) in [7, 11) is 0. The number of carbonyl (C=O) groups is 1. The number of piperidine rings is 1. The lowest BCUT2D eigenvalue weighted by Crippen LogP contribution is -2.45. The van der Waals surface area contributed by atoms with Gasteiger partial charge in [-0.15, -0.1) is 10.2 Å². The molecule has 1 aromatic heterocycles. The molecule has 0 aliphatic carbocycles. The van der Waals surface area contributed by atoms with Crippen molar-refractivity contribution in [3.8, 4) is 0 Å². The third-order valence-electron chi connectivity index (χ3n) is 4.75. The van der Waals surface area contributed by atoms with Gasteiger partial charge in [-0.3, -0.25) is 0 Å². The molecule has 0 radical (unpaired) electrons. The van der Waals surface area contributed by atoms with Crippen LogP contribution in [-0.4, -0.2) is 40.8 Å². The molecule has 0 spiro atoms. The van der Waals surface area contributed by atoms with E-state index >= 15 is 0 Å². The van der Waals surface area contributed by atoms with Crippen molar-refractivity contribution in [3.05, 3.63) is 47.7 Å². The van der Waals surface area contributed by atoms with E-state index in [4.69, 9.17) is 4.42 Å². The van der Waals surface area contributed by atoms with Crippen LogP contribution in [0.4, 0.5) is 4.79 Å². The van der Waals surface area contributed by atoms with Crippen molar-refractivity contribution in [2.24, 2.45) is 5.41 Å². The number of nitrogens with one attached hydrogen (secondary N) is 1. The number of hydrogen-bond donors (Lipinski definition) is 1. The van der Waals surface area contributed by atoms with E-state index in [1.54, 1.807) is 0 Å². The smallest absolute Gasteiger partial charge is 0.317 e. The number of benzene rings is 1. The Morgan fingerprint density at radius 1 is 1.26 bits per heavy atom. The molecule has 1 saturated heterocycles. The van der Waals surface area contributed by atoms with Crippen LogP contribution in [-0.2, 0) is 12.8 Å². The predicted molar refractivity (Wildman–Crippen MR) is 105 cm³/mol. The van der Waals surface area contributed by atoms with Gasteiger partial charge in [0.05, 0.1) is 5.92 Å². The second-order valence-electron chi connectivity index (χ2n) is 8.52. The van der Waals surface area contributed by atoms with Crippen LogP contribution in [0.15, 0.2) is 34.7 Å². The first-order valence-corrected chi connectivity index (χ1v) is 9.80. The molecular weight excluding hydrogens is 340 g/mol. The fourth-order valence-electron chi connectivity index (χ4n) is 3.39. The minimum absolute atomic E-state index is 0.00920. The first-order chi connectivity index (χ1) is 12.9. The van der Waals surface area contributed by atoms with Gasteiger partial charge in [0, 0.05) is 26.1 Å². The van der Waals surface area contributed by atoms with E-state index in [1.165, 1.54) is 5.56 Å². The van der Waals surface area contributed by atoms with Crippen molar-refractivity contribution in [2.45, 2.75) is 52.4 Å². The predicted octanol–water partition coefficient (Wildman–Crippen LogP) is 3.79. The monoisotopic (exact) mass is 370 g/mol. The molecule has 1 unspecified atom stereocenters. The third kappa shape index (κ3) is 5.81. The number of hydrogen-bond acceptors (Lipinski definition) is 4. The number of likely N-dealkylation sites (tertiary alicyclic amines) is 1. The molecule has 2 amide bonds. The molecule has 2 heterocycles. The number of urea groups is 1. The summed E-state index contributed by atoms with van der Waals surface area (Å²) in [5.74, 6) is 1.47. The largest absolute Gasteiger partial charge is 0.425 e. The quantitative estimate of drug-likeness (QED) is 0.869. The minimum atomic E-state index is -0.00920. The maximum Gasteiger partial charge on any atom is 0.317 e. The Labute approximate surface area is 161 Å². The van der Waals surface area contributed by atoms with Gasteiger partial charge in [0.15, 0.2) is 0 Å². The second kappa shape index (κ2) is 8.55. The van der Waals surface area contributed by atoms with E-state index in [-0.39, 0.29) is 17.4 Å². The summed E-state index contributed by atoms with van der Waals surface area (Å²) in [6.07, 6.45) is 3.53. The van der Waals surface area contributed by atoms with Crippen LogP contribution >= 0.6 is 0 Å². The Balaban J connectivity index is 1.50. The molecule has 1 aliphatic rings. The molecule has 1 N–H and O–H groups in total. The maximum absolute atomic E-state index is 12.5. The van der Waals surface area contributed by atoms with Crippen LogP contribution < -0.4 is 5.32 Å². The Bertz CT molecular complexity index is 736. The molecule has 0 bridgehead atoms. The fraction of sp³-hybridized carbons (Fsp3) is 0.571. The first kappa shape index (κ1) is 19.4. The van der Waals surface area contributed by atoms with Crippen LogP contribution in [0.3, 0.4) is 0 Å². The maximum atomic E-state index is 12.5. The molecule has 1 atom stereocenters. The van der Waals surface area contributed by atoms with E-state index in [1.807, 2.05) is 23.1 Å². The minimum Gasteiger partial charge on any atom is -0.425 e. The lowest BCUT2D eigenvalue weighted by Gasteiger charge is -2.31. The highest BCUT2D eigenvalue weighted by Gasteiger charge is 2.28. The highest BCUT2D eigenvalue weighted by atomic mass is 16.4. The van der Waals surface area contributed by atoms with Gasteiger partial charge in [0.2, 0.25) is 11.8 Å². The lowest BCUT2D eigenvalue weighted by molar-refractivity contribution is 0.174. The van der Waals surface area contributed by atoms with E-state index in [9.17, 15) is 4.79 Å². The summed E-state index contributed by atoms with van der Waals surface area (Å²) in [6.45, 7) is 8.50. The Hall–Kier alpha value is -2.37. The summed E-state index contributed by atoms with van der Waals surface area (Å²) in [5, 5.41) is 11.5. The average molecular weight is 370 g/mol. The Kier molecular flexibility index (Phi) is 6.14. The van der Waals surface area contributed by atoms with Crippen LogP contribution in [0.2, 0.25) is 0 Å². The van der Waals surface area contributed by atoms with Crippen molar-refractivity contribution in [2.75, 3.05) is 19.6 Å². The van der Waals surface area contributed by atoms with E-state index < -0.39 is 0 Å². The van der Waals surface area contributed by atoms with Crippen LogP contribution in [0, 0.1) is 5.41 Å². The SMILES string of the molecule is CC(C)(C)Cc1nnc(C2CCCN(C(=O)NCCc3ccccc3)C2)o1.